The fourth-order valence-electron chi connectivity index (χ4n) is 9.24. The first-order chi connectivity index (χ1) is 30.1. The van der Waals surface area contributed by atoms with Crippen molar-refractivity contribution in [2.45, 2.75) is 57.6 Å². The Labute approximate surface area is 353 Å². The van der Waals surface area contributed by atoms with Crippen LogP contribution in [0.3, 0.4) is 0 Å². The van der Waals surface area contributed by atoms with Gasteiger partial charge in [0.25, 0.3) is 17.4 Å². The van der Waals surface area contributed by atoms with Crippen molar-refractivity contribution >= 4 is 35.3 Å². The molecule has 5 aliphatic rings. The summed E-state index contributed by atoms with van der Waals surface area (Å²) < 4.78 is 38.1. The van der Waals surface area contributed by atoms with Crippen LogP contribution >= 0.6 is 0 Å². The van der Waals surface area contributed by atoms with Crippen LogP contribution in [0.25, 0.3) is 11.1 Å². The molecular weight excluding hydrogens is 769 g/mol. The third kappa shape index (κ3) is 7.85. The summed E-state index contributed by atoms with van der Waals surface area (Å²) in [5, 5.41) is 4.48. The number of piperidine rings is 2. The highest BCUT2D eigenvalue weighted by Crippen LogP contribution is 2.39. The summed E-state index contributed by atoms with van der Waals surface area (Å²) in [6.07, 6.45) is 2.08. The number of anilines is 1. The van der Waals surface area contributed by atoms with Gasteiger partial charge < -0.3 is 29.2 Å². The number of piperazine rings is 1. The fraction of sp³-hybridized carbons (Fsp3) is 0.500. The SMILES string of the molecule is [2H]C1([2H])CC([2H])(N2C(=O)c3ccc(N4CCN(CCC5CCN(Cc6c(OC)cc(-c7cn(C)c(=O)c8c7CCN(C(=O)NC)C8)cc6OC)CC5)CC4)cc3C2=O)C(=O)NC1=O. The van der Waals surface area contributed by atoms with Gasteiger partial charge in [-0.25, -0.2) is 4.79 Å². The van der Waals surface area contributed by atoms with Gasteiger partial charge in [0, 0.05) is 85.5 Å². The van der Waals surface area contributed by atoms with E-state index in [4.69, 9.17) is 13.6 Å². The Morgan fingerprint density at radius 3 is 2.25 bits per heavy atom. The first kappa shape index (κ1) is 37.3. The highest BCUT2D eigenvalue weighted by Gasteiger charge is 2.45. The Morgan fingerprint density at radius 1 is 0.867 bits per heavy atom. The van der Waals surface area contributed by atoms with Gasteiger partial charge in [-0.3, -0.25) is 44.0 Å². The van der Waals surface area contributed by atoms with Crippen LogP contribution in [-0.4, -0.2) is 133 Å². The molecule has 1 aromatic heterocycles. The van der Waals surface area contributed by atoms with E-state index in [2.05, 4.69) is 20.0 Å². The van der Waals surface area contributed by atoms with Crippen LogP contribution < -0.4 is 30.6 Å². The molecule has 6 heterocycles. The molecule has 0 radical (unpaired) electrons. The maximum Gasteiger partial charge on any atom is 0.317 e. The number of fused-ring (bicyclic) bond motifs is 2. The number of aromatic nitrogens is 1. The minimum absolute atomic E-state index is 0.0381. The van der Waals surface area contributed by atoms with E-state index in [-0.39, 0.29) is 29.3 Å². The average molecular weight is 826 g/mol. The number of carbonyl (C=O) groups is 5. The van der Waals surface area contributed by atoms with E-state index in [9.17, 15) is 28.8 Å². The number of hydrogen-bond acceptors (Lipinski definition) is 11. The van der Waals surface area contributed by atoms with Crippen molar-refractivity contribution in [1.82, 2.24) is 34.8 Å². The largest absolute Gasteiger partial charge is 0.496 e. The van der Waals surface area contributed by atoms with Crippen molar-refractivity contribution in [3.8, 4) is 22.6 Å². The van der Waals surface area contributed by atoms with E-state index in [1.807, 2.05) is 23.6 Å². The van der Waals surface area contributed by atoms with Crippen molar-refractivity contribution < 1.29 is 37.6 Å². The zero-order valence-electron chi connectivity index (χ0n) is 37.6. The van der Waals surface area contributed by atoms with E-state index in [0.29, 0.717) is 49.0 Å². The van der Waals surface area contributed by atoms with Crippen LogP contribution in [-0.2, 0) is 36.1 Å². The van der Waals surface area contributed by atoms with Gasteiger partial charge >= 0.3 is 6.03 Å². The number of carbonyl (C=O) groups excluding carboxylic acids is 5. The molecule has 0 bridgehead atoms. The van der Waals surface area contributed by atoms with Gasteiger partial charge in [-0.15, -0.1) is 0 Å². The molecule has 318 valence electrons. The summed E-state index contributed by atoms with van der Waals surface area (Å²) >= 11 is 0. The van der Waals surface area contributed by atoms with Crippen LogP contribution in [0.4, 0.5) is 10.5 Å². The van der Waals surface area contributed by atoms with Crippen molar-refractivity contribution in [3.05, 3.63) is 74.7 Å². The number of hydrogen-bond donors (Lipinski definition) is 2. The number of aryl methyl sites for hydroxylation is 1. The Balaban J connectivity index is 0.844. The molecule has 0 saturated carbocycles. The van der Waals surface area contributed by atoms with Crippen molar-refractivity contribution in [1.29, 1.82) is 0 Å². The predicted octanol–water partition coefficient (Wildman–Crippen LogP) is 2.59. The number of ether oxygens (including phenoxy) is 2. The second-order valence-electron chi connectivity index (χ2n) is 16.1. The fourth-order valence-corrected chi connectivity index (χ4v) is 9.24. The first-order valence-corrected chi connectivity index (χ1v) is 20.6. The molecule has 3 aromatic rings. The van der Waals surface area contributed by atoms with Gasteiger partial charge in [-0.05, 0) is 99.1 Å². The molecule has 0 aliphatic carbocycles. The number of benzene rings is 2. The number of amides is 6. The molecular formula is C44H54N8O8. The van der Waals surface area contributed by atoms with Crippen LogP contribution in [0.15, 0.2) is 41.3 Å². The summed E-state index contributed by atoms with van der Waals surface area (Å²) in [5.74, 6) is -2.10. The lowest BCUT2D eigenvalue weighted by Gasteiger charge is -2.38. The number of rotatable bonds is 10. The highest BCUT2D eigenvalue weighted by molar-refractivity contribution is 6.23. The minimum atomic E-state index is -2.61. The number of pyridine rings is 1. The zero-order chi connectivity index (χ0) is 45.0. The summed E-state index contributed by atoms with van der Waals surface area (Å²) in [7, 11) is 6.65. The van der Waals surface area contributed by atoms with Crippen molar-refractivity contribution in [2.24, 2.45) is 13.0 Å². The number of urea groups is 1. The van der Waals surface area contributed by atoms with Crippen LogP contribution in [0.5, 0.6) is 11.5 Å². The van der Waals surface area contributed by atoms with Crippen LogP contribution in [0.1, 0.15) is 73.6 Å². The van der Waals surface area contributed by atoms with E-state index >= 15 is 0 Å². The second-order valence-corrected chi connectivity index (χ2v) is 16.1. The molecule has 5 aliphatic heterocycles. The molecule has 3 saturated heterocycles. The number of nitrogens with zero attached hydrogens (tertiary/aromatic N) is 6. The second kappa shape index (κ2) is 17.1. The lowest BCUT2D eigenvalue weighted by molar-refractivity contribution is -0.136. The van der Waals surface area contributed by atoms with Gasteiger partial charge in [0.2, 0.25) is 11.8 Å². The molecule has 0 spiro atoms. The molecule has 6 amide bonds. The van der Waals surface area contributed by atoms with Crippen molar-refractivity contribution in [3.63, 3.8) is 0 Å². The minimum Gasteiger partial charge on any atom is -0.496 e. The van der Waals surface area contributed by atoms with E-state index in [0.717, 1.165) is 91.4 Å². The highest BCUT2D eigenvalue weighted by atomic mass is 16.5. The van der Waals surface area contributed by atoms with E-state index < -0.39 is 42.4 Å². The molecule has 16 nitrogen and oxygen atoms in total. The normalized spacial score (nSPS) is 23.1. The van der Waals surface area contributed by atoms with Gasteiger partial charge in [-0.1, -0.05) is 0 Å². The first-order valence-electron chi connectivity index (χ1n) is 22.1. The van der Waals surface area contributed by atoms with Gasteiger partial charge in [0.1, 0.15) is 17.5 Å². The third-order valence-electron chi connectivity index (χ3n) is 12.7. The van der Waals surface area contributed by atoms with Gasteiger partial charge in [0.15, 0.2) is 0 Å². The summed E-state index contributed by atoms with van der Waals surface area (Å²) in [4.78, 5) is 86.3. The standard InChI is InChI=1S/C44H54N8O8/c1-45-44(58)51-16-12-30-33(24-47(2)41(55)34(30)26-51)28-21-37(59-3)35(38(22-28)60-4)25-49-14-10-27(11-15-49)9-13-48-17-19-50(20-18-48)29-5-6-31-32(23-29)43(57)52(42(31)56)36-7-8-39(53)46-40(36)54/h5-6,21-24,27,36H,7-20,25-26H2,1-4H3,(H,45,58)(H,46,53,54)/i8D2,36D. The molecule has 8 rings (SSSR count). The Hall–Kier alpha value is -5.74. The number of methoxy groups -OCH3 is 2. The van der Waals surface area contributed by atoms with E-state index in [1.165, 1.54) is 6.07 Å². The number of imide groups is 2. The van der Waals surface area contributed by atoms with Gasteiger partial charge in [0.05, 0.1) is 38.8 Å². The number of nitrogens with one attached hydrogen (secondary N) is 2. The van der Waals surface area contributed by atoms with Crippen LogP contribution in [0.2, 0.25) is 0 Å². The maximum absolute atomic E-state index is 13.5. The smallest absolute Gasteiger partial charge is 0.317 e. The van der Waals surface area contributed by atoms with Gasteiger partial charge in [-0.2, -0.15) is 0 Å². The Morgan fingerprint density at radius 2 is 1.57 bits per heavy atom. The molecule has 1 atom stereocenters. The molecule has 1 unspecified atom stereocenters. The summed E-state index contributed by atoms with van der Waals surface area (Å²) in [5.41, 5.74) is 5.06. The van der Waals surface area contributed by atoms with Crippen LogP contribution in [0, 0.1) is 5.92 Å². The molecule has 3 fully saturated rings. The topological polar surface area (TPSA) is 166 Å². The Bertz CT molecular complexity index is 2400. The lowest BCUT2D eigenvalue weighted by Crippen LogP contribution is -2.54. The molecule has 2 N–H and O–H groups in total. The average Bonchev–Trinajstić information content (AvgIpc) is 3.54. The monoisotopic (exact) mass is 825 g/mol. The van der Waals surface area contributed by atoms with Crippen molar-refractivity contribution in [2.75, 3.05) is 78.5 Å². The zero-order valence-corrected chi connectivity index (χ0v) is 34.6. The number of likely N-dealkylation sites (tertiary alicyclic amines) is 1. The summed E-state index contributed by atoms with van der Waals surface area (Å²) in [6.45, 7) is 7.33. The Kier molecular flexibility index (Phi) is 10.6. The molecule has 16 heteroatoms. The third-order valence-corrected chi connectivity index (χ3v) is 12.7. The quantitative estimate of drug-likeness (QED) is 0.289. The maximum atomic E-state index is 13.5. The predicted molar refractivity (Wildman–Crippen MR) is 223 cm³/mol. The lowest BCUT2D eigenvalue weighted by atomic mass is 9.91. The molecule has 2 aromatic carbocycles. The summed E-state index contributed by atoms with van der Waals surface area (Å²) in [6, 6.07) is 6.11. The van der Waals surface area contributed by atoms with E-state index in [1.54, 1.807) is 49.9 Å². The molecule has 60 heavy (non-hydrogen) atoms.